The van der Waals surface area contributed by atoms with E-state index in [9.17, 15) is 0 Å². The van der Waals surface area contributed by atoms with Crippen LogP contribution in [0.25, 0.3) is 0 Å². The molecule has 2 unspecified atom stereocenters. The second-order valence-electron chi connectivity index (χ2n) is 3.16. The summed E-state index contributed by atoms with van der Waals surface area (Å²) in [6.45, 7) is 6.14. The maximum absolute atomic E-state index is 6.72. The first kappa shape index (κ1) is 11.3. The Morgan fingerprint density at radius 3 is 2.58 bits per heavy atom. The number of aliphatic imine (C=N–C) groups is 1. The van der Waals surface area contributed by atoms with Crippen LogP contribution in [0.5, 0.6) is 0 Å². The maximum Gasteiger partial charge on any atom is 0.102 e. The van der Waals surface area contributed by atoms with E-state index in [4.69, 9.17) is 5.53 Å². The molecule has 0 fully saturated rings. The molecule has 0 amide bonds. The molecule has 70 valence electrons. The lowest BCUT2D eigenvalue weighted by molar-refractivity contribution is 0.617. The van der Waals surface area contributed by atoms with Gasteiger partial charge in [-0.2, -0.15) is 5.11 Å². The Hall–Kier alpha value is -0.730. The molecular weight excluding hydrogens is 150 g/mol. The lowest BCUT2D eigenvalue weighted by Crippen LogP contribution is -2.03. The molecule has 0 aromatic carbocycles. The third-order valence-electron chi connectivity index (χ3n) is 1.74. The minimum absolute atomic E-state index is 0.0610. The third-order valence-corrected chi connectivity index (χ3v) is 1.74. The van der Waals surface area contributed by atoms with Crippen LogP contribution in [0, 0.1) is 5.53 Å². The summed E-state index contributed by atoms with van der Waals surface area (Å²) < 4.78 is 0. The van der Waals surface area contributed by atoms with Crippen LogP contribution < -0.4 is 0 Å². The van der Waals surface area contributed by atoms with Crippen LogP contribution in [0.2, 0.25) is 0 Å². The fourth-order valence-corrected chi connectivity index (χ4v) is 0.879. The summed E-state index contributed by atoms with van der Waals surface area (Å²) >= 11 is 0. The van der Waals surface area contributed by atoms with Crippen molar-refractivity contribution in [3.05, 3.63) is 0 Å². The van der Waals surface area contributed by atoms with Gasteiger partial charge >= 0.3 is 0 Å². The lowest BCUT2D eigenvalue weighted by atomic mass is 10.1. The first-order valence-electron chi connectivity index (χ1n) is 4.60. The van der Waals surface area contributed by atoms with Gasteiger partial charge in [0.15, 0.2) is 0 Å². The van der Waals surface area contributed by atoms with Crippen molar-refractivity contribution in [1.29, 1.82) is 5.53 Å². The van der Waals surface area contributed by atoms with Crippen LogP contribution in [0.1, 0.15) is 40.0 Å². The highest BCUT2D eigenvalue weighted by Gasteiger charge is 1.97. The molecule has 3 nitrogen and oxygen atoms in total. The Bertz CT molecular complexity index is 143. The normalized spacial score (nSPS) is 16.2. The number of hydrogen-bond acceptors (Lipinski definition) is 3. The molecular formula is C9H19N3. The molecule has 3 heteroatoms. The van der Waals surface area contributed by atoms with Gasteiger partial charge in [-0.25, -0.2) is 5.53 Å². The molecule has 0 aliphatic rings. The molecule has 0 spiro atoms. The van der Waals surface area contributed by atoms with Gasteiger partial charge < -0.3 is 0 Å². The molecule has 0 aromatic heterocycles. The summed E-state index contributed by atoms with van der Waals surface area (Å²) in [6, 6.07) is 0.322. The van der Waals surface area contributed by atoms with Crippen molar-refractivity contribution in [2.45, 2.75) is 52.1 Å². The van der Waals surface area contributed by atoms with Crippen LogP contribution in [-0.2, 0) is 0 Å². The minimum atomic E-state index is -0.0610. The molecule has 0 aliphatic carbocycles. The highest BCUT2D eigenvalue weighted by molar-refractivity contribution is 5.63. The van der Waals surface area contributed by atoms with E-state index in [1.54, 1.807) is 6.21 Å². The highest BCUT2D eigenvalue weighted by Crippen LogP contribution is 2.03. The lowest BCUT2D eigenvalue weighted by Gasteiger charge is -2.04. The van der Waals surface area contributed by atoms with Gasteiger partial charge in [-0.3, -0.25) is 4.99 Å². The predicted molar refractivity (Wildman–Crippen MR) is 52.1 cm³/mol. The van der Waals surface area contributed by atoms with Crippen molar-refractivity contribution in [3.8, 4) is 0 Å². The van der Waals surface area contributed by atoms with Crippen molar-refractivity contribution in [1.82, 2.24) is 0 Å². The van der Waals surface area contributed by atoms with Gasteiger partial charge in [0.05, 0.1) is 0 Å². The van der Waals surface area contributed by atoms with Crippen molar-refractivity contribution >= 4 is 6.21 Å². The largest absolute Gasteiger partial charge is 0.292 e. The zero-order valence-electron chi connectivity index (χ0n) is 8.25. The van der Waals surface area contributed by atoms with Gasteiger partial charge in [-0.05, 0) is 20.3 Å². The zero-order valence-corrected chi connectivity index (χ0v) is 8.25. The van der Waals surface area contributed by atoms with Crippen LogP contribution in [0.4, 0.5) is 0 Å². The topological polar surface area (TPSA) is 48.6 Å². The predicted octanol–water partition coefficient (Wildman–Crippen LogP) is 3.06. The summed E-state index contributed by atoms with van der Waals surface area (Å²) in [5, 5.41) is 3.34. The Morgan fingerprint density at radius 1 is 1.42 bits per heavy atom. The van der Waals surface area contributed by atoms with Gasteiger partial charge in [-0.15, -0.1) is 0 Å². The van der Waals surface area contributed by atoms with E-state index in [2.05, 4.69) is 24.0 Å². The van der Waals surface area contributed by atoms with E-state index in [0.29, 0.717) is 6.04 Å². The molecule has 0 saturated carbocycles. The van der Waals surface area contributed by atoms with Crippen LogP contribution in [0.15, 0.2) is 10.1 Å². The summed E-state index contributed by atoms with van der Waals surface area (Å²) in [4.78, 5) is 4.29. The van der Waals surface area contributed by atoms with Crippen molar-refractivity contribution in [3.63, 3.8) is 0 Å². The minimum Gasteiger partial charge on any atom is -0.292 e. The molecule has 0 rings (SSSR count). The smallest absolute Gasteiger partial charge is 0.102 e. The van der Waals surface area contributed by atoms with Gasteiger partial charge in [0.1, 0.15) is 6.04 Å². The molecule has 0 radical (unpaired) electrons. The Labute approximate surface area is 74.8 Å². The van der Waals surface area contributed by atoms with Crippen LogP contribution >= 0.6 is 0 Å². The molecule has 0 aromatic rings. The third kappa shape index (κ3) is 6.01. The van der Waals surface area contributed by atoms with E-state index < -0.39 is 0 Å². The fourth-order valence-electron chi connectivity index (χ4n) is 0.879. The summed E-state index contributed by atoms with van der Waals surface area (Å²) in [7, 11) is 0. The molecule has 2 atom stereocenters. The summed E-state index contributed by atoms with van der Waals surface area (Å²) in [5.74, 6) is 0. The Kier molecular flexibility index (Phi) is 6.53. The highest BCUT2D eigenvalue weighted by atomic mass is 15.0. The molecule has 0 saturated heterocycles. The van der Waals surface area contributed by atoms with Gasteiger partial charge in [0.2, 0.25) is 0 Å². The summed E-state index contributed by atoms with van der Waals surface area (Å²) in [6.07, 6.45) is 5.34. The molecule has 0 heterocycles. The monoisotopic (exact) mass is 169 g/mol. The zero-order chi connectivity index (χ0) is 9.40. The average molecular weight is 169 g/mol. The van der Waals surface area contributed by atoms with E-state index in [-0.39, 0.29) is 6.04 Å². The number of unbranched alkanes of at least 4 members (excludes halogenated alkanes) is 1. The number of nitrogens with zero attached hydrogens (tertiary/aromatic N) is 2. The molecule has 12 heavy (non-hydrogen) atoms. The van der Waals surface area contributed by atoms with E-state index in [1.807, 2.05) is 6.92 Å². The van der Waals surface area contributed by atoms with Crippen LogP contribution in [0.3, 0.4) is 0 Å². The first-order valence-corrected chi connectivity index (χ1v) is 4.60. The van der Waals surface area contributed by atoms with E-state index in [1.165, 1.54) is 12.8 Å². The van der Waals surface area contributed by atoms with Gasteiger partial charge in [0, 0.05) is 12.3 Å². The molecule has 0 aliphatic heterocycles. The van der Waals surface area contributed by atoms with Gasteiger partial charge in [0.25, 0.3) is 0 Å². The first-order chi connectivity index (χ1) is 5.70. The quantitative estimate of drug-likeness (QED) is 0.469. The van der Waals surface area contributed by atoms with Crippen LogP contribution in [-0.4, -0.2) is 18.3 Å². The van der Waals surface area contributed by atoms with Gasteiger partial charge in [-0.1, -0.05) is 19.8 Å². The number of rotatable bonds is 6. The second-order valence-corrected chi connectivity index (χ2v) is 3.16. The van der Waals surface area contributed by atoms with Crippen molar-refractivity contribution in [2.75, 3.05) is 0 Å². The number of nitrogens with one attached hydrogen (secondary N) is 1. The maximum atomic E-state index is 6.72. The SMILES string of the molecule is CCCCC(C)N=CC(C)N=N. The standard InChI is InChI=1S/C9H19N3/c1-4-5-6-8(2)11-7-9(3)12-10/h7-10H,4-6H2,1-3H3. The average Bonchev–Trinajstić information content (AvgIpc) is 2.10. The van der Waals surface area contributed by atoms with E-state index >= 15 is 0 Å². The van der Waals surface area contributed by atoms with Crippen molar-refractivity contribution < 1.29 is 0 Å². The summed E-state index contributed by atoms with van der Waals surface area (Å²) in [5.41, 5.74) is 6.72. The second kappa shape index (κ2) is 6.95. The molecule has 1 N–H and O–H groups in total. The van der Waals surface area contributed by atoms with Crippen molar-refractivity contribution in [2.24, 2.45) is 10.1 Å². The fraction of sp³-hybridized carbons (Fsp3) is 0.889. The molecule has 0 bridgehead atoms. The van der Waals surface area contributed by atoms with E-state index in [0.717, 1.165) is 6.42 Å². The Morgan fingerprint density at radius 2 is 2.08 bits per heavy atom. The number of hydrogen-bond donors (Lipinski definition) is 1. The Balaban J connectivity index is 3.59.